The number of rotatable bonds is 5. The maximum atomic E-state index is 5.47. The van der Waals surface area contributed by atoms with Gasteiger partial charge in [-0.05, 0) is 30.0 Å². The third-order valence-corrected chi connectivity index (χ3v) is 4.32. The second-order valence-corrected chi connectivity index (χ2v) is 5.66. The average Bonchev–Trinajstić information content (AvgIpc) is 3.06. The highest BCUT2D eigenvalue weighted by atomic mass is 32.1. The Morgan fingerprint density at radius 1 is 1.19 bits per heavy atom. The number of nitrogens with two attached hydrogens (primary N) is 1. The van der Waals surface area contributed by atoms with Crippen molar-refractivity contribution in [2.45, 2.75) is 19.4 Å². The summed E-state index contributed by atoms with van der Waals surface area (Å²) in [5.74, 6) is 6.68. The van der Waals surface area contributed by atoms with Crippen molar-refractivity contribution in [1.82, 2.24) is 9.97 Å². The molecular weight excluding hydrogens is 282 g/mol. The fourth-order valence-electron chi connectivity index (χ4n) is 2.28. The first kappa shape index (κ1) is 13.8. The number of hydrogen-bond donors (Lipinski definition) is 3. The Kier molecular flexibility index (Phi) is 3.98. The van der Waals surface area contributed by atoms with Crippen molar-refractivity contribution in [2.75, 3.05) is 10.7 Å². The number of nitrogens with one attached hydrogen (secondary N) is 2. The zero-order chi connectivity index (χ0) is 14.7. The molecule has 0 aliphatic carbocycles. The van der Waals surface area contributed by atoms with Gasteiger partial charge in [0.25, 0.3) is 0 Å². The van der Waals surface area contributed by atoms with E-state index >= 15 is 0 Å². The van der Waals surface area contributed by atoms with Crippen LogP contribution < -0.4 is 16.6 Å². The largest absolute Gasteiger partial charge is 0.362 e. The lowest BCUT2D eigenvalue weighted by molar-refractivity contribution is 0.760. The van der Waals surface area contributed by atoms with Crippen molar-refractivity contribution in [3.8, 4) is 0 Å². The molecule has 5 nitrogen and oxygen atoms in total. The van der Waals surface area contributed by atoms with Crippen molar-refractivity contribution < 1.29 is 0 Å². The van der Waals surface area contributed by atoms with E-state index in [4.69, 9.17) is 5.84 Å². The molecule has 2 heterocycles. The number of nitrogen functional groups attached to an aromatic ring is 1. The van der Waals surface area contributed by atoms with Gasteiger partial charge in [-0.25, -0.2) is 10.8 Å². The van der Waals surface area contributed by atoms with Gasteiger partial charge in [0.15, 0.2) is 0 Å². The fraction of sp³-hybridized carbons (Fsp3) is 0.200. The Balaban J connectivity index is 2.02. The third-order valence-electron chi connectivity index (χ3n) is 3.34. The van der Waals surface area contributed by atoms with E-state index in [0.29, 0.717) is 5.95 Å². The SMILES string of the molecule is CCC(Nc1nc(NN)nc2ccccc12)c1cccs1. The lowest BCUT2D eigenvalue weighted by Crippen LogP contribution is -2.14. The van der Waals surface area contributed by atoms with Crippen LogP contribution in [0.4, 0.5) is 11.8 Å². The normalized spacial score (nSPS) is 12.3. The molecule has 0 saturated carbocycles. The summed E-state index contributed by atoms with van der Waals surface area (Å²) in [5.41, 5.74) is 3.39. The number of fused-ring (bicyclic) bond motifs is 1. The lowest BCUT2D eigenvalue weighted by atomic mass is 10.1. The van der Waals surface area contributed by atoms with Gasteiger partial charge in [0.2, 0.25) is 5.95 Å². The van der Waals surface area contributed by atoms with E-state index in [9.17, 15) is 0 Å². The first-order chi connectivity index (χ1) is 10.3. The summed E-state index contributed by atoms with van der Waals surface area (Å²) in [6.07, 6.45) is 0.976. The molecule has 1 aromatic carbocycles. The van der Waals surface area contributed by atoms with Crippen LogP contribution in [-0.4, -0.2) is 9.97 Å². The van der Waals surface area contributed by atoms with Crippen LogP contribution in [0.1, 0.15) is 24.3 Å². The van der Waals surface area contributed by atoms with Crippen molar-refractivity contribution in [3.05, 3.63) is 46.7 Å². The monoisotopic (exact) mass is 299 g/mol. The molecule has 108 valence electrons. The van der Waals surface area contributed by atoms with Gasteiger partial charge in [-0.15, -0.1) is 11.3 Å². The number of thiophene rings is 1. The van der Waals surface area contributed by atoms with Gasteiger partial charge in [0.1, 0.15) is 5.82 Å². The maximum Gasteiger partial charge on any atom is 0.239 e. The smallest absolute Gasteiger partial charge is 0.239 e. The topological polar surface area (TPSA) is 75.9 Å². The number of hydrazine groups is 1. The molecule has 4 N–H and O–H groups in total. The molecule has 0 spiro atoms. The van der Waals surface area contributed by atoms with E-state index in [2.05, 4.69) is 45.1 Å². The molecule has 0 radical (unpaired) electrons. The number of para-hydroxylation sites is 1. The van der Waals surface area contributed by atoms with E-state index < -0.39 is 0 Å². The molecule has 3 rings (SSSR count). The molecule has 3 aromatic rings. The summed E-state index contributed by atoms with van der Waals surface area (Å²) >= 11 is 1.74. The van der Waals surface area contributed by atoms with Crippen molar-refractivity contribution in [1.29, 1.82) is 0 Å². The fourth-order valence-corrected chi connectivity index (χ4v) is 3.14. The summed E-state index contributed by atoms with van der Waals surface area (Å²) in [4.78, 5) is 10.1. The molecule has 0 aliphatic rings. The van der Waals surface area contributed by atoms with Crippen molar-refractivity contribution in [3.63, 3.8) is 0 Å². The molecule has 6 heteroatoms. The molecule has 0 fully saturated rings. The summed E-state index contributed by atoms with van der Waals surface area (Å²) < 4.78 is 0. The Morgan fingerprint density at radius 2 is 2.05 bits per heavy atom. The number of anilines is 2. The quantitative estimate of drug-likeness (QED) is 0.496. The third kappa shape index (κ3) is 2.81. The van der Waals surface area contributed by atoms with Gasteiger partial charge in [0, 0.05) is 10.3 Å². The first-order valence-electron chi connectivity index (χ1n) is 6.85. The highest BCUT2D eigenvalue weighted by Crippen LogP contribution is 2.29. The Hall–Kier alpha value is -2.18. The van der Waals surface area contributed by atoms with Crippen LogP contribution in [0.25, 0.3) is 10.9 Å². The highest BCUT2D eigenvalue weighted by molar-refractivity contribution is 7.10. The second kappa shape index (κ2) is 6.07. The molecule has 2 aromatic heterocycles. The molecule has 0 aliphatic heterocycles. The summed E-state index contributed by atoms with van der Waals surface area (Å²) in [7, 11) is 0. The molecular formula is C15H17N5S. The van der Waals surface area contributed by atoms with Crippen LogP contribution in [0, 0.1) is 0 Å². The van der Waals surface area contributed by atoms with Gasteiger partial charge in [0.05, 0.1) is 11.6 Å². The number of nitrogens with zero attached hydrogens (tertiary/aromatic N) is 2. The minimum Gasteiger partial charge on any atom is -0.362 e. The van der Waals surface area contributed by atoms with Gasteiger partial charge in [-0.2, -0.15) is 4.98 Å². The molecule has 0 amide bonds. The Labute approximate surface area is 127 Å². The minimum atomic E-state index is 0.230. The standard InChI is InChI=1S/C15H17N5S/c1-2-11(13-8-5-9-21-13)17-14-10-6-3-4-7-12(10)18-15(19-14)20-16/h3-9,11H,2,16H2,1H3,(H2,17,18,19,20). The predicted molar refractivity (Wildman–Crippen MR) is 88.3 cm³/mol. The van der Waals surface area contributed by atoms with Crippen LogP contribution in [0.2, 0.25) is 0 Å². The summed E-state index contributed by atoms with van der Waals surface area (Å²) in [5, 5.41) is 6.59. The molecule has 21 heavy (non-hydrogen) atoms. The predicted octanol–water partition coefficient (Wildman–Crippen LogP) is 3.54. The first-order valence-corrected chi connectivity index (χ1v) is 7.73. The summed E-state index contributed by atoms with van der Waals surface area (Å²) in [6, 6.07) is 12.3. The van der Waals surface area contributed by atoms with E-state index in [1.54, 1.807) is 11.3 Å². The zero-order valence-electron chi connectivity index (χ0n) is 11.7. The molecule has 1 unspecified atom stereocenters. The van der Waals surface area contributed by atoms with Gasteiger partial charge in [-0.1, -0.05) is 25.1 Å². The zero-order valence-corrected chi connectivity index (χ0v) is 12.5. The van der Waals surface area contributed by atoms with E-state index in [0.717, 1.165) is 23.1 Å². The van der Waals surface area contributed by atoms with Crippen LogP contribution >= 0.6 is 11.3 Å². The van der Waals surface area contributed by atoms with Gasteiger partial charge >= 0.3 is 0 Å². The molecule has 0 saturated heterocycles. The lowest BCUT2D eigenvalue weighted by Gasteiger charge is -2.18. The highest BCUT2D eigenvalue weighted by Gasteiger charge is 2.14. The van der Waals surface area contributed by atoms with Crippen LogP contribution in [0.15, 0.2) is 41.8 Å². The number of aromatic nitrogens is 2. The Morgan fingerprint density at radius 3 is 2.76 bits per heavy atom. The van der Waals surface area contributed by atoms with Gasteiger partial charge in [-0.3, -0.25) is 5.43 Å². The molecule has 1 atom stereocenters. The van der Waals surface area contributed by atoms with Crippen molar-refractivity contribution >= 4 is 34.0 Å². The second-order valence-electron chi connectivity index (χ2n) is 4.68. The number of benzene rings is 1. The van der Waals surface area contributed by atoms with E-state index in [1.165, 1.54) is 4.88 Å². The van der Waals surface area contributed by atoms with Crippen LogP contribution in [0.5, 0.6) is 0 Å². The minimum absolute atomic E-state index is 0.230. The molecule has 0 bridgehead atoms. The number of hydrogen-bond acceptors (Lipinski definition) is 6. The van der Waals surface area contributed by atoms with E-state index in [1.807, 2.05) is 24.3 Å². The summed E-state index contributed by atoms with van der Waals surface area (Å²) in [6.45, 7) is 2.16. The van der Waals surface area contributed by atoms with Gasteiger partial charge < -0.3 is 5.32 Å². The Bertz CT molecular complexity index is 726. The maximum absolute atomic E-state index is 5.47. The van der Waals surface area contributed by atoms with Crippen LogP contribution in [0.3, 0.4) is 0 Å². The van der Waals surface area contributed by atoms with E-state index in [-0.39, 0.29) is 6.04 Å². The average molecular weight is 299 g/mol. The van der Waals surface area contributed by atoms with Crippen molar-refractivity contribution in [2.24, 2.45) is 5.84 Å². The van der Waals surface area contributed by atoms with Crippen LogP contribution in [-0.2, 0) is 0 Å².